The number of nitrogens with zero attached hydrogens (tertiary/aromatic N) is 5. The van der Waals surface area contributed by atoms with Gasteiger partial charge in [0, 0.05) is 19.7 Å². The number of H-pyrrole nitrogens is 1. The lowest BCUT2D eigenvalue weighted by atomic mass is 10.2. The number of aromatic amines is 1. The fourth-order valence-electron chi connectivity index (χ4n) is 3.11. The third-order valence-electron chi connectivity index (χ3n) is 4.74. The van der Waals surface area contributed by atoms with Crippen LogP contribution in [0.1, 0.15) is 53.8 Å². The number of nitrogens with one attached hydrogen (secondary N) is 1. The Morgan fingerprint density at radius 2 is 2.21 bits per heavy atom. The van der Waals surface area contributed by atoms with Crippen molar-refractivity contribution in [1.29, 1.82) is 0 Å². The number of carbonyl (C=O) groups excluding carboxylic acids is 1. The summed E-state index contributed by atoms with van der Waals surface area (Å²) < 4.78 is 7.82. The van der Waals surface area contributed by atoms with Crippen LogP contribution in [-0.2, 0) is 17.9 Å². The molecule has 3 heterocycles. The zero-order valence-electron chi connectivity index (χ0n) is 14.0. The lowest BCUT2D eigenvalue weighted by Crippen LogP contribution is -2.41. The van der Waals surface area contributed by atoms with E-state index in [9.17, 15) is 4.79 Å². The summed E-state index contributed by atoms with van der Waals surface area (Å²) in [6, 6.07) is -0.125. The number of hydrogen-bond donors (Lipinski definition) is 1. The first-order chi connectivity index (χ1) is 11.6. The molecule has 0 spiro atoms. The number of rotatable bonds is 5. The molecule has 1 fully saturated rings. The van der Waals surface area contributed by atoms with E-state index in [2.05, 4.69) is 24.7 Å². The van der Waals surface area contributed by atoms with E-state index in [0.29, 0.717) is 25.4 Å². The van der Waals surface area contributed by atoms with Gasteiger partial charge in [-0.3, -0.25) is 4.79 Å². The maximum atomic E-state index is 12.7. The number of amides is 1. The number of carbonyl (C=O) groups is 1. The first-order valence-electron chi connectivity index (χ1n) is 8.45. The molecule has 2 aliphatic rings. The summed E-state index contributed by atoms with van der Waals surface area (Å²) in [4.78, 5) is 21.6. The number of imidazole rings is 1. The molecule has 24 heavy (non-hydrogen) atoms. The van der Waals surface area contributed by atoms with Gasteiger partial charge in [-0.1, -0.05) is 0 Å². The predicted molar refractivity (Wildman–Crippen MR) is 85.2 cm³/mol. The Morgan fingerprint density at radius 1 is 1.38 bits per heavy atom. The molecule has 1 N–H and O–H groups in total. The van der Waals surface area contributed by atoms with Gasteiger partial charge in [-0.05, 0) is 32.6 Å². The number of aryl methyl sites for hydroxylation is 1. The molecule has 1 saturated carbocycles. The molecule has 1 amide bonds. The minimum Gasteiger partial charge on any atom is -0.373 e. The van der Waals surface area contributed by atoms with Crippen molar-refractivity contribution in [2.45, 2.75) is 45.9 Å². The van der Waals surface area contributed by atoms with Gasteiger partial charge in [0.1, 0.15) is 18.1 Å². The van der Waals surface area contributed by atoms with Crippen molar-refractivity contribution in [2.75, 3.05) is 13.2 Å². The van der Waals surface area contributed by atoms with E-state index in [-0.39, 0.29) is 11.9 Å². The van der Waals surface area contributed by atoms with E-state index in [4.69, 9.17) is 4.74 Å². The summed E-state index contributed by atoms with van der Waals surface area (Å²) in [5, 5.41) is 8.56. The molecule has 1 aliphatic heterocycles. The van der Waals surface area contributed by atoms with Crippen molar-refractivity contribution >= 4 is 5.91 Å². The molecule has 8 nitrogen and oxygen atoms in total. The van der Waals surface area contributed by atoms with Crippen molar-refractivity contribution in [1.82, 2.24) is 29.6 Å². The van der Waals surface area contributed by atoms with Crippen molar-refractivity contribution in [3.8, 4) is 0 Å². The molecule has 0 aromatic carbocycles. The van der Waals surface area contributed by atoms with Crippen LogP contribution in [0.25, 0.3) is 0 Å². The number of hydrogen-bond acceptors (Lipinski definition) is 5. The molecule has 2 aromatic rings. The van der Waals surface area contributed by atoms with Crippen LogP contribution in [-0.4, -0.2) is 48.7 Å². The van der Waals surface area contributed by atoms with Gasteiger partial charge in [0.15, 0.2) is 11.6 Å². The highest BCUT2D eigenvalue weighted by atomic mass is 16.5. The SMILES string of the molecule is Cc1ncc(C(=O)N2CCn3c(COCC4CC4)nnc3[C@@H]2C)[nH]1. The van der Waals surface area contributed by atoms with Crippen LogP contribution < -0.4 is 0 Å². The highest BCUT2D eigenvalue weighted by Crippen LogP contribution is 2.29. The Balaban J connectivity index is 1.47. The number of fused-ring (bicyclic) bond motifs is 1. The summed E-state index contributed by atoms with van der Waals surface area (Å²) in [5.74, 6) is 3.08. The molecular weight excluding hydrogens is 308 g/mol. The lowest BCUT2D eigenvalue weighted by Gasteiger charge is -2.33. The fourth-order valence-corrected chi connectivity index (χ4v) is 3.11. The molecular formula is C16H22N6O2. The summed E-state index contributed by atoms with van der Waals surface area (Å²) in [7, 11) is 0. The normalized spacial score (nSPS) is 20.2. The van der Waals surface area contributed by atoms with Crippen LogP contribution in [0.15, 0.2) is 6.20 Å². The molecule has 0 saturated heterocycles. The number of ether oxygens (including phenoxy) is 1. The molecule has 1 aliphatic carbocycles. The molecule has 0 radical (unpaired) electrons. The zero-order valence-corrected chi connectivity index (χ0v) is 14.0. The van der Waals surface area contributed by atoms with Crippen molar-refractivity contribution in [3.05, 3.63) is 29.4 Å². The van der Waals surface area contributed by atoms with Gasteiger partial charge in [-0.25, -0.2) is 4.98 Å². The molecule has 8 heteroatoms. The van der Waals surface area contributed by atoms with E-state index in [1.165, 1.54) is 12.8 Å². The third-order valence-corrected chi connectivity index (χ3v) is 4.74. The van der Waals surface area contributed by atoms with Gasteiger partial charge in [0.2, 0.25) is 0 Å². The van der Waals surface area contributed by atoms with Crippen LogP contribution in [0.4, 0.5) is 0 Å². The minimum atomic E-state index is -0.125. The van der Waals surface area contributed by atoms with E-state index in [1.54, 1.807) is 6.20 Å². The lowest BCUT2D eigenvalue weighted by molar-refractivity contribution is 0.0621. The van der Waals surface area contributed by atoms with Gasteiger partial charge < -0.3 is 19.2 Å². The molecule has 0 unspecified atom stereocenters. The first-order valence-corrected chi connectivity index (χ1v) is 8.45. The van der Waals surface area contributed by atoms with Gasteiger partial charge >= 0.3 is 0 Å². The van der Waals surface area contributed by atoms with Gasteiger partial charge in [0.05, 0.1) is 12.2 Å². The Kier molecular flexibility index (Phi) is 3.84. The topological polar surface area (TPSA) is 88.9 Å². The monoisotopic (exact) mass is 330 g/mol. The molecule has 2 aromatic heterocycles. The van der Waals surface area contributed by atoms with Gasteiger partial charge in [-0.2, -0.15) is 0 Å². The van der Waals surface area contributed by atoms with Crippen molar-refractivity contribution < 1.29 is 9.53 Å². The van der Waals surface area contributed by atoms with Gasteiger partial charge in [0.25, 0.3) is 5.91 Å². The maximum Gasteiger partial charge on any atom is 0.272 e. The maximum absolute atomic E-state index is 12.7. The summed E-state index contributed by atoms with van der Waals surface area (Å²) >= 11 is 0. The van der Waals surface area contributed by atoms with E-state index >= 15 is 0 Å². The molecule has 0 bridgehead atoms. The highest BCUT2D eigenvalue weighted by Gasteiger charge is 2.32. The summed E-state index contributed by atoms with van der Waals surface area (Å²) in [6.45, 7) is 6.43. The second-order valence-corrected chi connectivity index (χ2v) is 6.64. The summed E-state index contributed by atoms with van der Waals surface area (Å²) in [6.07, 6.45) is 4.14. The van der Waals surface area contributed by atoms with Crippen molar-refractivity contribution in [2.24, 2.45) is 5.92 Å². The second kappa shape index (κ2) is 6.01. The van der Waals surface area contributed by atoms with Crippen molar-refractivity contribution in [3.63, 3.8) is 0 Å². The largest absolute Gasteiger partial charge is 0.373 e. The summed E-state index contributed by atoms with van der Waals surface area (Å²) in [5.41, 5.74) is 0.514. The Labute approximate surface area is 140 Å². The average molecular weight is 330 g/mol. The Bertz CT molecular complexity index is 748. The molecule has 128 valence electrons. The zero-order chi connectivity index (χ0) is 16.7. The quantitative estimate of drug-likeness (QED) is 0.896. The number of aromatic nitrogens is 5. The fraction of sp³-hybridized carbons (Fsp3) is 0.625. The minimum absolute atomic E-state index is 0.0520. The highest BCUT2D eigenvalue weighted by molar-refractivity contribution is 5.92. The van der Waals surface area contributed by atoms with Crippen LogP contribution in [0.2, 0.25) is 0 Å². The smallest absolute Gasteiger partial charge is 0.272 e. The Hall–Kier alpha value is -2.22. The molecule has 4 rings (SSSR count). The van der Waals surface area contributed by atoms with E-state index in [0.717, 1.165) is 30.0 Å². The Morgan fingerprint density at radius 3 is 2.92 bits per heavy atom. The predicted octanol–water partition coefficient (Wildman–Crippen LogP) is 1.45. The average Bonchev–Trinajstić information content (AvgIpc) is 3.14. The van der Waals surface area contributed by atoms with E-state index < -0.39 is 0 Å². The van der Waals surface area contributed by atoms with Gasteiger partial charge in [-0.15, -0.1) is 10.2 Å². The van der Waals surface area contributed by atoms with Crippen LogP contribution in [0.5, 0.6) is 0 Å². The van der Waals surface area contributed by atoms with Crippen LogP contribution >= 0.6 is 0 Å². The van der Waals surface area contributed by atoms with Crippen LogP contribution in [0.3, 0.4) is 0 Å². The van der Waals surface area contributed by atoms with Crippen LogP contribution in [0, 0.1) is 12.8 Å². The van der Waals surface area contributed by atoms with E-state index in [1.807, 2.05) is 18.7 Å². The molecule has 1 atom stereocenters. The second-order valence-electron chi connectivity index (χ2n) is 6.64. The third kappa shape index (κ3) is 2.82. The standard InChI is InChI=1S/C16H22N6O2/c1-10-15-20-19-14(9-24-8-12-3-4-12)22(15)6-5-21(10)16(23)13-7-17-11(2)18-13/h7,10,12H,3-6,8-9H2,1-2H3,(H,17,18)/t10-/m0/s1. The first kappa shape index (κ1) is 15.3.